The van der Waals surface area contributed by atoms with Crippen molar-refractivity contribution in [2.24, 2.45) is 0 Å². The zero-order valence-electron chi connectivity index (χ0n) is 21.3. The predicted octanol–water partition coefficient (Wildman–Crippen LogP) is 7.21. The molecule has 5 rings (SSSR count). The van der Waals surface area contributed by atoms with E-state index in [1.54, 1.807) is 0 Å². The third kappa shape index (κ3) is 6.33. The van der Waals surface area contributed by atoms with Gasteiger partial charge < -0.3 is 15.2 Å². The minimum absolute atomic E-state index is 0.00331. The van der Waals surface area contributed by atoms with E-state index >= 15 is 0 Å². The summed E-state index contributed by atoms with van der Waals surface area (Å²) in [5.41, 5.74) is -0.699. The van der Waals surface area contributed by atoms with E-state index < -0.39 is 41.0 Å². The van der Waals surface area contributed by atoms with Gasteiger partial charge in [0.05, 0.1) is 11.1 Å². The van der Waals surface area contributed by atoms with Crippen molar-refractivity contribution in [1.82, 2.24) is 15.2 Å². The third-order valence-electron chi connectivity index (χ3n) is 7.29. The van der Waals surface area contributed by atoms with Gasteiger partial charge >= 0.3 is 12.4 Å². The normalized spacial score (nSPS) is 18.3. The summed E-state index contributed by atoms with van der Waals surface area (Å²) >= 11 is 0. The molecule has 2 N–H and O–H groups in total. The van der Waals surface area contributed by atoms with Crippen LogP contribution in [0.1, 0.15) is 45.6 Å². The van der Waals surface area contributed by atoms with Crippen molar-refractivity contribution < 1.29 is 31.1 Å². The summed E-state index contributed by atoms with van der Waals surface area (Å²) < 4.78 is 80.7. The lowest BCUT2D eigenvalue weighted by atomic mass is 9.91. The second-order valence-electron chi connectivity index (χ2n) is 10.1. The fourth-order valence-corrected chi connectivity index (χ4v) is 5.31. The maximum Gasteiger partial charge on any atom is 0.416 e. The quantitative estimate of drug-likeness (QED) is 0.245. The summed E-state index contributed by atoms with van der Waals surface area (Å²) in [6.07, 6.45) is -8.64. The summed E-state index contributed by atoms with van der Waals surface area (Å²) in [5.74, 6) is -0.841. The van der Waals surface area contributed by atoms with Gasteiger partial charge in [-0.2, -0.15) is 26.3 Å². The van der Waals surface area contributed by atoms with Gasteiger partial charge in [0.2, 0.25) is 0 Å². The second kappa shape index (κ2) is 11.0. The van der Waals surface area contributed by atoms with Crippen LogP contribution in [0.4, 0.5) is 26.3 Å². The molecule has 2 heterocycles. The maximum absolute atomic E-state index is 13.5. The molecule has 2 atom stereocenters. The smallest absolute Gasteiger partial charge is 0.357 e. The number of benzene rings is 3. The highest BCUT2D eigenvalue weighted by molar-refractivity contribution is 5.95. The van der Waals surface area contributed by atoms with Crippen molar-refractivity contribution in [2.45, 2.75) is 50.2 Å². The van der Waals surface area contributed by atoms with Crippen LogP contribution >= 0.6 is 0 Å². The van der Waals surface area contributed by atoms with Crippen LogP contribution in [0.3, 0.4) is 0 Å². The van der Waals surface area contributed by atoms with E-state index in [1.807, 2.05) is 60.7 Å². The molecule has 1 fully saturated rings. The van der Waals surface area contributed by atoms with Gasteiger partial charge in [-0.05, 0) is 60.5 Å². The standard InChI is InChI=1S/C30H27F6N3O/c31-29(32,33)22-13-21(14-23(16-22)30(34,35)36)28(40)39-11-10-24(17-26(39)12-19-6-2-1-3-7-19)37-18-25-15-20-8-4-5-9-27(20)38-25/h1-9,13-16,24,26,37-38H,10-12,17-18H2/t24-,26+/m0/s1. The van der Waals surface area contributed by atoms with Gasteiger partial charge in [-0.1, -0.05) is 48.5 Å². The largest absolute Gasteiger partial charge is 0.416 e. The van der Waals surface area contributed by atoms with Gasteiger partial charge in [-0.3, -0.25) is 4.79 Å². The first-order chi connectivity index (χ1) is 19.0. The number of nitrogens with zero attached hydrogens (tertiary/aromatic N) is 1. The molecule has 10 heteroatoms. The van der Waals surface area contributed by atoms with Crippen LogP contribution in [0.5, 0.6) is 0 Å². The monoisotopic (exact) mass is 559 g/mol. The van der Waals surface area contributed by atoms with E-state index in [2.05, 4.69) is 10.3 Å². The number of nitrogens with one attached hydrogen (secondary N) is 2. The number of aromatic amines is 1. The number of para-hydroxylation sites is 1. The molecule has 4 aromatic rings. The molecule has 0 bridgehead atoms. The summed E-state index contributed by atoms with van der Waals surface area (Å²) in [6, 6.07) is 19.9. The van der Waals surface area contributed by atoms with E-state index in [-0.39, 0.29) is 18.7 Å². The first-order valence-corrected chi connectivity index (χ1v) is 12.9. The zero-order valence-corrected chi connectivity index (χ0v) is 21.3. The van der Waals surface area contributed by atoms with Gasteiger partial charge in [0.15, 0.2) is 0 Å². The van der Waals surface area contributed by atoms with Crippen LogP contribution in [-0.4, -0.2) is 34.4 Å². The number of fused-ring (bicyclic) bond motifs is 1. The molecule has 0 spiro atoms. The molecule has 4 nitrogen and oxygen atoms in total. The van der Waals surface area contributed by atoms with E-state index in [1.165, 1.54) is 4.90 Å². The molecule has 0 unspecified atom stereocenters. The van der Waals surface area contributed by atoms with E-state index in [0.29, 0.717) is 37.9 Å². The Morgan fingerprint density at radius 2 is 1.52 bits per heavy atom. The summed E-state index contributed by atoms with van der Waals surface area (Å²) in [4.78, 5) is 18.3. The number of hydrogen-bond acceptors (Lipinski definition) is 2. The number of alkyl halides is 6. The number of amides is 1. The van der Waals surface area contributed by atoms with Gasteiger partial charge in [0, 0.05) is 41.9 Å². The lowest BCUT2D eigenvalue weighted by Gasteiger charge is -2.40. The molecule has 0 aliphatic carbocycles. The first-order valence-electron chi connectivity index (χ1n) is 12.9. The van der Waals surface area contributed by atoms with Crippen LogP contribution < -0.4 is 5.32 Å². The third-order valence-corrected chi connectivity index (χ3v) is 7.29. The molecule has 40 heavy (non-hydrogen) atoms. The SMILES string of the molecule is O=C(c1cc(C(F)(F)F)cc(C(F)(F)F)c1)N1CC[C@H](NCc2cc3ccccc3[nH]2)C[C@H]1Cc1ccccc1. The zero-order chi connectivity index (χ0) is 28.5. The molecule has 1 saturated heterocycles. The van der Waals surface area contributed by atoms with Gasteiger partial charge in [-0.25, -0.2) is 0 Å². The van der Waals surface area contributed by atoms with Crippen LogP contribution in [0.2, 0.25) is 0 Å². The van der Waals surface area contributed by atoms with Crippen LogP contribution in [-0.2, 0) is 25.3 Å². The van der Waals surface area contributed by atoms with Crippen molar-refractivity contribution in [3.8, 4) is 0 Å². The highest BCUT2D eigenvalue weighted by Crippen LogP contribution is 2.37. The number of H-pyrrole nitrogens is 1. The number of likely N-dealkylation sites (tertiary alicyclic amines) is 1. The van der Waals surface area contributed by atoms with Crippen LogP contribution in [0.15, 0.2) is 78.9 Å². The van der Waals surface area contributed by atoms with Gasteiger partial charge in [0.1, 0.15) is 0 Å². The highest BCUT2D eigenvalue weighted by Gasteiger charge is 2.39. The Kier molecular flexibility index (Phi) is 7.63. The lowest BCUT2D eigenvalue weighted by molar-refractivity contribution is -0.143. The summed E-state index contributed by atoms with van der Waals surface area (Å²) in [5, 5.41) is 4.59. The summed E-state index contributed by atoms with van der Waals surface area (Å²) in [6.45, 7) is 0.742. The molecule has 1 amide bonds. The average molecular weight is 560 g/mol. The van der Waals surface area contributed by atoms with Crippen molar-refractivity contribution >= 4 is 16.8 Å². The van der Waals surface area contributed by atoms with Gasteiger partial charge in [-0.15, -0.1) is 0 Å². The molecule has 210 valence electrons. The molecule has 3 aromatic carbocycles. The van der Waals surface area contributed by atoms with E-state index in [9.17, 15) is 31.1 Å². The first kappa shape index (κ1) is 27.8. The molecule has 0 radical (unpaired) electrons. The number of carbonyl (C=O) groups is 1. The fraction of sp³-hybridized carbons (Fsp3) is 0.300. The van der Waals surface area contributed by atoms with Crippen molar-refractivity contribution in [3.05, 3.63) is 107 Å². The number of halogens is 6. The van der Waals surface area contributed by atoms with Crippen LogP contribution in [0, 0.1) is 0 Å². The number of piperidine rings is 1. The lowest BCUT2D eigenvalue weighted by Crippen LogP contribution is -2.51. The summed E-state index contributed by atoms with van der Waals surface area (Å²) in [7, 11) is 0. The predicted molar refractivity (Wildman–Crippen MR) is 140 cm³/mol. The van der Waals surface area contributed by atoms with Gasteiger partial charge in [0.25, 0.3) is 5.91 Å². The molecule has 0 saturated carbocycles. The number of carbonyl (C=O) groups excluding carboxylic acids is 1. The second-order valence-corrected chi connectivity index (χ2v) is 10.1. The number of aromatic nitrogens is 1. The van der Waals surface area contributed by atoms with E-state index in [0.717, 1.165) is 22.2 Å². The minimum atomic E-state index is -5.03. The Morgan fingerprint density at radius 3 is 2.17 bits per heavy atom. The van der Waals surface area contributed by atoms with Crippen molar-refractivity contribution in [3.63, 3.8) is 0 Å². The fourth-order valence-electron chi connectivity index (χ4n) is 5.31. The van der Waals surface area contributed by atoms with Crippen molar-refractivity contribution in [1.29, 1.82) is 0 Å². The topological polar surface area (TPSA) is 48.1 Å². The Balaban J connectivity index is 1.38. The Labute approximate surface area is 227 Å². The molecule has 1 aliphatic rings. The van der Waals surface area contributed by atoms with E-state index in [4.69, 9.17) is 0 Å². The molecule has 1 aromatic heterocycles. The number of hydrogen-bond donors (Lipinski definition) is 2. The Bertz CT molecular complexity index is 1410. The maximum atomic E-state index is 13.5. The van der Waals surface area contributed by atoms with Crippen molar-refractivity contribution in [2.75, 3.05) is 6.54 Å². The number of rotatable bonds is 6. The Hall–Kier alpha value is -3.79. The molecular formula is C30H27F6N3O. The molecule has 1 aliphatic heterocycles. The highest BCUT2D eigenvalue weighted by atomic mass is 19.4. The average Bonchev–Trinajstić information content (AvgIpc) is 3.34. The van der Waals surface area contributed by atoms with Crippen LogP contribution in [0.25, 0.3) is 10.9 Å². The molecular weight excluding hydrogens is 532 g/mol. The Morgan fingerprint density at radius 1 is 0.875 bits per heavy atom. The minimum Gasteiger partial charge on any atom is -0.357 e.